The lowest BCUT2D eigenvalue weighted by molar-refractivity contribution is -0.143. The summed E-state index contributed by atoms with van der Waals surface area (Å²) in [5, 5.41) is 8.91. The van der Waals surface area contributed by atoms with Crippen LogP contribution in [-0.4, -0.2) is 46.6 Å². The van der Waals surface area contributed by atoms with Crippen LogP contribution in [0.3, 0.4) is 0 Å². The van der Waals surface area contributed by atoms with Crippen LogP contribution in [0.25, 0.3) is 0 Å². The van der Waals surface area contributed by atoms with Crippen molar-refractivity contribution in [2.75, 3.05) is 19.7 Å². The molecule has 2 rings (SSSR count). The molecule has 8 heteroatoms. The van der Waals surface area contributed by atoms with Gasteiger partial charge in [-0.3, -0.25) is 9.69 Å². The number of rotatable bonds is 5. The van der Waals surface area contributed by atoms with E-state index in [1.54, 1.807) is 19.2 Å². The summed E-state index contributed by atoms with van der Waals surface area (Å²) in [4.78, 5) is 28.3. The van der Waals surface area contributed by atoms with Gasteiger partial charge in [0, 0.05) is 25.8 Å². The average Bonchev–Trinajstić information content (AvgIpc) is 2.44. The molecular weight excluding hydrogens is 331 g/mol. The molecule has 6 nitrogen and oxygen atoms in total. The van der Waals surface area contributed by atoms with Gasteiger partial charge in [0.15, 0.2) is 0 Å². The quantitative estimate of drug-likeness (QED) is 0.817. The topological polar surface area (TPSA) is 79.7 Å². The highest BCUT2D eigenvalue weighted by Crippen LogP contribution is 2.19. The fourth-order valence-electron chi connectivity index (χ4n) is 2.29. The molecule has 0 spiro atoms. The number of nitrogens with zero attached hydrogens (tertiary/aromatic N) is 2. The van der Waals surface area contributed by atoms with Gasteiger partial charge in [0.2, 0.25) is 0 Å². The Labute approximate surface area is 141 Å². The molecule has 22 heavy (non-hydrogen) atoms. The fourth-order valence-corrected chi connectivity index (χ4v) is 2.29. The first-order valence-electron chi connectivity index (χ1n) is 6.69. The Bertz CT molecular complexity index is 526. The molecular formula is C14H20Cl2N2O4. The number of carbonyl (C=O) groups is 2. The van der Waals surface area contributed by atoms with E-state index < -0.39 is 5.97 Å². The number of esters is 1. The summed E-state index contributed by atoms with van der Waals surface area (Å²) in [6.07, 6.45) is 2.78. The summed E-state index contributed by atoms with van der Waals surface area (Å²) < 4.78 is 4.90. The van der Waals surface area contributed by atoms with E-state index in [2.05, 4.69) is 9.88 Å². The lowest BCUT2D eigenvalue weighted by Gasteiger charge is -2.28. The van der Waals surface area contributed by atoms with Gasteiger partial charge in [-0.05, 0) is 30.5 Å². The van der Waals surface area contributed by atoms with Crippen LogP contribution in [-0.2, 0) is 22.5 Å². The molecule has 0 atom stereocenters. The predicted molar refractivity (Wildman–Crippen MR) is 85.9 cm³/mol. The van der Waals surface area contributed by atoms with E-state index in [0.717, 1.165) is 24.1 Å². The maximum Gasteiger partial charge on any atom is 0.354 e. The minimum Gasteiger partial charge on any atom is -0.477 e. The molecule has 1 N–H and O–H groups in total. The summed E-state index contributed by atoms with van der Waals surface area (Å²) in [5.74, 6) is -1.19. The summed E-state index contributed by atoms with van der Waals surface area (Å²) in [7, 11) is 0. The molecule has 1 aliphatic rings. The third-order valence-electron chi connectivity index (χ3n) is 3.33. The number of aromatic carboxylic acids is 1. The Morgan fingerprint density at radius 3 is 2.73 bits per heavy atom. The second kappa shape index (κ2) is 9.61. The van der Waals surface area contributed by atoms with Gasteiger partial charge in [-0.25, -0.2) is 9.78 Å². The Hall–Kier alpha value is -1.37. The molecule has 1 aromatic rings. The lowest BCUT2D eigenvalue weighted by Crippen LogP contribution is -2.33. The second-order valence-electron chi connectivity index (χ2n) is 4.72. The number of ether oxygens (including phenoxy) is 1. The smallest absolute Gasteiger partial charge is 0.354 e. The van der Waals surface area contributed by atoms with Crippen molar-refractivity contribution in [1.29, 1.82) is 0 Å². The molecule has 0 radical (unpaired) electrons. The Morgan fingerprint density at radius 1 is 1.36 bits per heavy atom. The SMILES string of the molecule is CCOC(=O)CCN1CCc2cc(C(=O)O)ncc2C1.Cl.Cl. The minimum atomic E-state index is -1.00. The number of carboxylic acid groups (broad SMARTS) is 1. The van der Waals surface area contributed by atoms with E-state index in [-0.39, 0.29) is 36.5 Å². The van der Waals surface area contributed by atoms with Crippen LogP contribution >= 0.6 is 24.8 Å². The molecule has 1 aromatic heterocycles. The van der Waals surface area contributed by atoms with Crippen molar-refractivity contribution in [3.05, 3.63) is 29.1 Å². The predicted octanol–water partition coefficient (Wildman–Crippen LogP) is 1.93. The summed E-state index contributed by atoms with van der Waals surface area (Å²) in [6, 6.07) is 1.64. The van der Waals surface area contributed by atoms with Crippen LogP contribution in [0.5, 0.6) is 0 Å². The number of hydrogen-bond donors (Lipinski definition) is 1. The zero-order valence-electron chi connectivity index (χ0n) is 12.3. The van der Waals surface area contributed by atoms with Gasteiger partial charge < -0.3 is 9.84 Å². The lowest BCUT2D eigenvalue weighted by atomic mass is 10.0. The Kier molecular flexibility index (Phi) is 9.01. The summed E-state index contributed by atoms with van der Waals surface area (Å²) in [5.41, 5.74) is 2.15. The van der Waals surface area contributed by atoms with Crippen molar-refractivity contribution in [3.8, 4) is 0 Å². The highest BCUT2D eigenvalue weighted by Gasteiger charge is 2.19. The third-order valence-corrected chi connectivity index (χ3v) is 3.33. The zero-order valence-corrected chi connectivity index (χ0v) is 13.9. The maximum absolute atomic E-state index is 11.3. The highest BCUT2D eigenvalue weighted by atomic mass is 35.5. The minimum absolute atomic E-state index is 0. The van der Waals surface area contributed by atoms with Gasteiger partial charge >= 0.3 is 11.9 Å². The molecule has 0 amide bonds. The van der Waals surface area contributed by atoms with Gasteiger partial charge in [0.25, 0.3) is 0 Å². The number of fused-ring (bicyclic) bond motifs is 1. The molecule has 0 bridgehead atoms. The molecule has 0 fully saturated rings. The molecule has 0 aromatic carbocycles. The van der Waals surface area contributed by atoms with Gasteiger partial charge in [-0.2, -0.15) is 0 Å². The van der Waals surface area contributed by atoms with E-state index in [0.29, 0.717) is 26.1 Å². The Morgan fingerprint density at radius 2 is 2.09 bits per heavy atom. The molecule has 0 aliphatic carbocycles. The molecule has 2 heterocycles. The standard InChI is InChI=1S/C14H18N2O4.2ClH/c1-2-20-13(17)4-6-16-5-3-10-7-12(14(18)19)15-8-11(10)9-16;;/h7-8H,2-6,9H2,1H3,(H,18,19);2*1H. The molecule has 124 valence electrons. The van der Waals surface area contributed by atoms with E-state index in [9.17, 15) is 9.59 Å². The van der Waals surface area contributed by atoms with E-state index >= 15 is 0 Å². The normalized spacial score (nSPS) is 13.3. The van der Waals surface area contributed by atoms with Crippen molar-refractivity contribution in [2.45, 2.75) is 26.3 Å². The van der Waals surface area contributed by atoms with Crippen molar-refractivity contribution in [1.82, 2.24) is 9.88 Å². The molecule has 0 unspecified atom stereocenters. The van der Waals surface area contributed by atoms with Crippen LogP contribution in [0.1, 0.15) is 35.0 Å². The number of pyridine rings is 1. The van der Waals surface area contributed by atoms with Crippen molar-refractivity contribution < 1.29 is 19.4 Å². The molecule has 1 aliphatic heterocycles. The molecule has 0 saturated carbocycles. The number of halogens is 2. The number of aromatic nitrogens is 1. The van der Waals surface area contributed by atoms with E-state index in [1.165, 1.54) is 0 Å². The highest BCUT2D eigenvalue weighted by molar-refractivity contribution is 5.86. The van der Waals surface area contributed by atoms with Crippen LogP contribution in [0.4, 0.5) is 0 Å². The van der Waals surface area contributed by atoms with Gasteiger partial charge in [0.1, 0.15) is 5.69 Å². The number of hydrogen-bond acceptors (Lipinski definition) is 5. The van der Waals surface area contributed by atoms with Crippen molar-refractivity contribution in [2.24, 2.45) is 0 Å². The third kappa shape index (κ3) is 5.44. The first-order chi connectivity index (χ1) is 9.60. The van der Waals surface area contributed by atoms with Crippen LogP contribution in [0.15, 0.2) is 12.3 Å². The van der Waals surface area contributed by atoms with Crippen molar-refractivity contribution in [3.63, 3.8) is 0 Å². The van der Waals surface area contributed by atoms with Gasteiger partial charge in [0.05, 0.1) is 13.0 Å². The number of carboxylic acids is 1. The van der Waals surface area contributed by atoms with Gasteiger partial charge in [-0.1, -0.05) is 0 Å². The fraction of sp³-hybridized carbons (Fsp3) is 0.500. The maximum atomic E-state index is 11.3. The monoisotopic (exact) mass is 350 g/mol. The zero-order chi connectivity index (χ0) is 14.5. The largest absolute Gasteiger partial charge is 0.477 e. The summed E-state index contributed by atoms with van der Waals surface area (Å²) in [6.45, 7) is 4.36. The second-order valence-corrected chi connectivity index (χ2v) is 4.72. The van der Waals surface area contributed by atoms with E-state index in [4.69, 9.17) is 9.84 Å². The first-order valence-corrected chi connectivity index (χ1v) is 6.69. The van der Waals surface area contributed by atoms with Crippen LogP contribution < -0.4 is 0 Å². The van der Waals surface area contributed by atoms with Gasteiger partial charge in [-0.15, -0.1) is 24.8 Å². The average molecular weight is 351 g/mol. The summed E-state index contributed by atoms with van der Waals surface area (Å²) >= 11 is 0. The van der Waals surface area contributed by atoms with E-state index in [1.807, 2.05) is 0 Å². The Balaban J connectivity index is 0.00000220. The van der Waals surface area contributed by atoms with Crippen LogP contribution in [0.2, 0.25) is 0 Å². The number of carbonyl (C=O) groups excluding carboxylic acids is 1. The first kappa shape index (κ1) is 20.6. The van der Waals surface area contributed by atoms with Crippen LogP contribution in [0, 0.1) is 0 Å². The molecule has 0 saturated heterocycles. The van der Waals surface area contributed by atoms with Crippen molar-refractivity contribution >= 4 is 36.8 Å².